The van der Waals surface area contributed by atoms with Crippen molar-refractivity contribution in [2.24, 2.45) is 0 Å². The summed E-state index contributed by atoms with van der Waals surface area (Å²) in [6.45, 7) is 1.13. The first-order valence-corrected chi connectivity index (χ1v) is 6.35. The molecule has 0 spiro atoms. The molecule has 112 valence electrons. The first kappa shape index (κ1) is 14.9. The van der Waals surface area contributed by atoms with Gasteiger partial charge in [0, 0.05) is 48.9 Å². The van der Waals surface area contributed by atoms with Crippen molar-refractivity contribution in [3.8, 4) is 0 Å². The predicted octanol–water partition coefficient (Wildman–Crippen LogP) is 3.23. The standard InChI is InChI=1S/C13H14F2N4O2/c14-13(15)11-9-10(19(20)21)3-4-12(11)16-5-1-7-18-8-2-6-17-18/h2-4,6,8-9,13,16H,1,5,7H2. The predicted molar refractivity (Wildman–Crippen MR) is 73.4 cm³/mol. The fraction of sp³-hybridized carbons (Fsp3) is 0.308. The van der Waals surface area contributed by atoms with E-state index in [4.69, 9.17) is 0 Å². The van der Waals surface area contributed by atoms with Crippen molar-refractivity contribution in [2.45, 2.75) is 19.4 Å². The lowest BCUT2D eigenvalue weighted by molar-refractivity contribution is -0.385. The molecule has 0 unspecified atom stereocenters. The molecule has 0 atom stereocenters. The molecule has 1 aromatic heterocycles. The summed E-state index contributed by atoms with van der Waals surface area (Å²) in [6.07, 6.45) is 1.41. The Kier molecular flexibility index (Phi) is 4.81. The van der Waals surface area contributed by atoms with Crippen molar-refractivity contribution in [1.82, 2.24) is 9.78 Å². The fourth-order valence-electron chi connectivity index (χ4n) is 1.90. The van der Waals surface area contributed by atoms with Gasteiger partial charge in [0.1, 0.15) is 0 Å². The number of benzene rings is 1. The highest BCUT2D eigenvalue weighted by molar-refractivity contribution is 5.56. The van der Waals surface area contributed by atoms with Gasteiger partial charge in [-0.1, -0.05) is 0 Å². The van der Waals surface area contributed by atoms with E-state index in [1.165, 1.54) is 12.1 Å². The van der Waals surface area contributed by atoms with E-state index in [-0.39, 0.29) is 16.9 Å². The van der Waals surface area contributed by atoms with Gasteiger partial charge < -0.3 is 5.32 Å². The number of rotatable bonds is 7. The molecule has 0 fully saturated rings. The highest BCUT2D eigenvalue weighted by Gasteiger charge is 2.17. The van der Waals surface area contributed by atoms with Crippen LogP contribution in [0.5, 0.6) is 0 Å². The molecule has 0 aliphatic rings. The maximum atomic E-state index is 12.9. The molecule has 8 heteroatoms. The van der Waals surface area contributed by atoms with Crippen LogP contribution in [-0.2, 0) is 6.54 Å². The van der Waals surface area contributed by atoms with E-state index in [9.17, 15) is 18.9 Å². The number of halogens is 2. The molecule has 0 radical (unpaired) electrons. The zero-order valence-electron chi connectivity index (χ0n) is 11.1. The normalized spacial score (nSPS) is 10.8. The minimum absolute atomic E-state index is 0.219. The smallest absolute Gasteiger partial charge is 0.270 e. The zero-order valence-corrected chi connectivity index (χ0v) is 11.1. The number of anilines is 1. The van der Waals surface area contributed by atoms with Crippen LogP contribution in [0.25, 0.3) is 0 Å². The van der Waals surface area contributed by atoms with Crippen LogP contribution in [0.15, 0.2) is 36.7 Å². The van der Waals surface area contributed by atoms with Gasteiger partial charge in [0.15, 0.2) is 0 Å². The van der Waals surface area contributed by atoms with E-state index in [0.717, 1.165) is 6.07 Å². The maximum absolute atomic E-state index is 12.9. The Labute approximate surface area is 119 Å². The summed E-state index contributed by atoms with van der Waals surface area (Å²) >= 11 is 0. The summed E-state index contributed by atoms with van der Waals surface area (Å²) in [6, 6.07) is 5.23. The van der Waals surface area contributed by atoms with Gasteiger partial charge in [0.05, 0.1) is 4.92 Å². The second-order valence-corrected chi connectivity index (χ2v) is 4.38. The van der Waals surface area contributed by atoms with E-state index in [0.29, 0.717) is 19.5 Å². The van der Waals surface area contributed by atoms with Gasteiger partial charge in [0.2, 0.25) is 0 Å². The van der Waals surface area contributed by atoms with Gasteiger partial charge in [-0.05, 0) is 18.6 Å². The van der Waals surface area contributed by atoms with Crippen molar-refractivity contribution in [3.05, 3.63) is 52.3 Å². The molecule has 0 aliphatic heterocycles. The quantitative estimate of drug-likeness (QED) is 0.483. The minimum atomic E-state index is -2.77. The molecule has 2 rings (SSSR count). The molecule has 21 heavy (non-hydrogen) atoms. The highest BCUT2D eigenvalue weighted by atomic mass is 19.3. The summed E-state index contributed by atoms with van der Waals surface area (Å²) in [5.74, 6) is 0. The number of aromatic nitrogens is 2. The van der Waals surface area contributed by atoms with Crippen molar-refractivity contribution < 1.29 is 13.7 Å². The number of non-ortho nitro benzene ring substituents is 1. The average Bonchev–Trinajstić information content (AvgIpc) is 2.96. The second kappa shape index (κ2) is 6.78. The summed E-state index contributed by atoms with van der Waals surface area (Å²) in [5.41, 5.74) is -0.480. The summed E-state index contributed by atoms with van der Waals surface area (Å²) < 4.78 is 27.6. The molecular formula is C13H14F2N4O2. The molecule has 6 nitrogen and oxygen atoms in total. The van der Waals surface area contributed by atoms with E-state index in [2.05, 4.69) is 10.4 Å². The Morgan fingerprint density at radius 1 is 1.43 bits per heavy atom. The van der Waals surface area contributed by atoms with Gasteiger partial charge in [-0.15, -0.1) is 0 Å². The molecule has 0 amide bonds. The lowest BCUT2D eigenvalue weighted by Gasteiger charge is -2.11. The van der Waals surface area contributed by atoms with Crippen LogP contribution in [0.4, 0.5) is 20.2 Å². The molecule has 1 heterocycles. The summed E-state index contributed by atoms with van der Waals surface area (Å²) in [4.78, 5) is 9.92. The zero-order chi connectivity index (χ0) is 15.2. The molecular weight excluding hydrogens is 282 g/mol. The van der Waals surface area contributed by atoms with Crippen molar-refractivity contribution in [2.75, 3.05) is 11.9 Å². The number of nitro benzene ring substituents is 1. The minimum Gasteiger partial charge on any atom is -0.385 e. The van der Waals surface area contributed by atoms with Crippen molar-refractivity contribution in [1.29, 1.82) is 0 Å². The van der Waals surface area contributed by atoms with Gasteiger partial charge in [0.25, 0.3) is 12.1 Å². The van der Waals surface area contributed by atoms with Crippen LogP contribution >= 0.6 is 0 Å². The van der Waals surface area contributed by atoms with Gasteiger partial charge in [-0.25, -0.2) is 8.78 Å². The molecule has 1 N–H and O–H groups in total. The molecule has 0 saturated carbocycles. The van der Waals surface area contributed by atoms with E-state index in [1.54, 1.807) is 16.9 Å². The van der Waals surface area contributed by atoms with Crippen LogP contribution in [0, 0.1) is 10.1 Å². The lowest BCUT2D eigenvalue weighted by atomic mass is 10.1. The average molecular weight is 296 g/mol. The van der Waals surface area contributed by atoms with E-state index >= 15 is 0 Å². The third-order valence-corrected chi connectivity index (χ3v) is 2.92. The van der Waals surface area contributed by atoms with Crippen molar-refractivity contribution in [3.63, 3.8) is 0 Å². The Morgan fingerprint density at radius 2 is 2.24 bits per heavy atom. The number of nitrogens with one attached hydrogen (secondary N) is 1. The maximum Gasteiger partial charge on any atom is 0.270 e. The summed E-state index contributed by atoms with van der Waals surface area (Å²) in [7, 11) is 0. The first-order valence-electron chi connectivity index (χ1n) is 6.35. The number of alkyl halides is 2. The van der Waals surface area contributed by atoms with Crippen LogP contribution in [0.3, 0.4) is 0 Å². The van der Waals surface area contributed by atoms with Crippen LogP contribution in [0.2, 0.25) is 0 Å². The van der Waals surface area contributed by atoms with E-state index < -0.39 is 11.3 Å². The molecule has 1 aromatic carbocycles. The Hall–Kier alpha value is -2.51. The fourth-order valence-corrected chi connectivity index (χ4v) is 1.90. The van der Waals surface area contributed by atoms with Gasteiger partial charge >= 0.3 is 0 Å². The number of aryl methyl sites for hydroxylation is 1. The third kappa shape index (κ3) is 3.98. The molecule has 0 bridgehead atoms. The molecule has 2 aromatic rings. The number of hydrogen-bond acceptors (Lipinski definition) is 4. The monoisotopic (exact) mass is 296 g/mol. The second-order valence-electron chi connectivity index (χ2n) is 4.38. The van der Waals surface area contributed by atoms with Gasteiger partial charge in [-0.3, -0.25) is 14.8 Å². The van der Waals surface area contributed by atoms with E-state index in [1.807, 2.05) is 6.20 Å². The SMILES string of the molecule is O=[N+]([O-])c1ccc(NCCCn2cccn2)c(C(F)F)c1. The Morgan fingerprint density at radius 3 is 2.86 bits per heavy atom. The Balaban J connectivity index is 1.97. The Bertz CT molecular complexity index is 602. The lowest BCUT2D eigenvalue weighted by Crippen LogP contribution is -2.09. The number of nitro groups is 1. The first-order chi connectivity index (χ1) is 10.1. The third-order valence-electron chi connectivity index (χ3n) is 2.92. The number of hydrogen-bond donors (Lipinski definition) is 1. The van der Waals surface area contributed by atoms with Crippen LogP contribution < -0.4 is 5.32 Å². The van der Waals surface area contributed by atoms with Crippen LogP contribution in [0.1, 0.15) is 18.4 Å². The largest absolute Gasteiger partial charge is 0.385 e. The molecule has 0 saturated heterocycles. The topological polar surface area (TPSA) is 73.0 Å². The highest BCUT2D eigenvalue weighted by Crippen LogP contribution is 2.30. The molecule has 0 aliphatic carbocycles. The van der Waals surface area contributed by atoms with Crippen molar-refractivity contribution >= 4 is 11.4 Å². The number of nitrogens with zero attached hydrogens (tertiary/aromatic N) is 3. The van der Waals surface area contributed by atoms with Gasteiger partial charge in [-0.2, -0.15) is 5.10 Å². The summed E-state index contributed by atoms with van der Waals surface area (Å²) in [5, 5.41) is 17.5. The van der Waals surface area contributed by atoms with Crippen LogP contribution in [-0.4, -0.2) is 21.2 Å².